The molecule has 0 radical (unpaired) electrons. The summed E-state index contributed by atoms with van der Waals surface area (Å²) in [7, 11) is 0. The van der Waals surface area contributed by atoms with Crippen molar-refractivity contribution in [2.24, 2.45) is 0 Å². The van der Waals surface area contributed by atoms with Crippen LogP contribution in [0, 0.1) is 19.7 Å². The highest BCUT2D eigenvalue weighted by atomic mass is 79.9. The molecule has 0 bridgehead atoms. The second-order valence-corrected chi connectivity index (χ2v) is 7.23. The lowest BCUT2D eigenvalue weighted by atomic mass is 10.0. The summed E-state index contributed by atoms with van der Waals surface area (Å²) < 4.78 is 15.3. The average Bonchev–Trinajstić information content (AvgIpc) is 2.64. The maximum Gasteiger partial charge on any atom is 0.283 e. The van der Waals surface area contributed by atoms with Crippen LogP contribution in [0.3, 0.4) is 0 Å². The van der Waals surface area contributed by atoms with Crippen LogP contribution in [0.2, 0.25) is 0 Å². The van der Waals surface area contributed by atoms with Crippen LogP contribution in [0.15, 0.2) is 33.5 Å². The van der Waals surface area contributed by atoms with Gasteiger partial charge in [0.1, 0.15) is 5.82 Å². The van der Waals surface area contributed by atoms with Gasteiger partial charge in [-0.2, -0.15) is 0 Å². The molecule has 1 aromatic heterocycles. The summed E-state index contributed by atoms with van der Waals surface area (Å²) in [6.45, 7) is 8.00. The number of nitrogens with zero attached hydrogens (tertiary/aromatic N) is 1. The van der Waals surface area contributed by atoms with Crippen molar-refractivity contribution in [3.05, 3.63) is 67.3 Å². The molecular formula is C20H25BrFN3O2. The van der Waals surface area contributed by atoms with Gasteiger partial charge >= 0.3 is 0 Å². The topological polar surface area (TPSA) is 63.1 Å². The minimum Gasteiger partial charge on any atom is -0.345 e. The van der Waals surface area contributed by atoms with Gasteiger partial charge in [0.25, 0.3) is 11.5 Å². The second kappa shape index (κ2) is 9.17. The van der Waals surface area contributed by atoms with Crippen molar-refractivity contribution in [1.82, 2.24) is 9.99 Å². The number of carbonyl (C=O) groups is 1. The number of hydrogen-bond acceptors (Lipinski definition) is 3. The molecule has 1 heterocycles. The third-order valence-electron chi connectivity index (χ3n) is 4.50. The molecule has 27 heavy (non-hydrogen) atoms. The summed E-state index contributed by atoms with van der Waals surface area (Å²) in [5, 5.41) is 2.97. The van der Waals surface area contributed by atoms with E-state index in [-0.39, 0.29) is 23.3 Å². The molecule has 1 aromatic carbocycles. The van der Waals surface area contributed by atoms with Gasteiger partial charge < -0.3 is 10.7 Å². The Kier molecular flexibility index (Phi) is 7.18. The summed E-state index contributed by atoms with van der Waals surface area (Å²) in [4.78, 5) is 25.5. The summed E-state index contributed by atoms with van der Waals surface area (Å²) in [5.41, 5.74) is 5.08. The second-order valence-electron chi connectivity index (χ2n) is 6.44. The van der Waals surface area contributed by atoms with Gasteiger partial charge in [0.05, 0.1) is 21.8 Å². The number of pyridine rings is 1. The molecule has 5 nitrogen and oxygen atoms in total. The normalized spacial score (nSPS) is 11.9. The smallest absolute Gasteiger partial charge is 0.283 e. The Labute approximate surface area is 167 Å². The van der Waals surface area contributed by atoms with Crippen molar-refractivity contribution in [3.8, 4) is 0 Å². The standard InChI is InChI=1S/C20H25BrFN3O2/c1-5-10-23-25-13(4)17(12(3)18(21)20(25)27)19(26)24-16(6-2)14-8-7-9-15(22)11-14/h7-9,11,16,23H,5-6,10H2,1-4H3,(H,24,26)/t16-/m0/s1. The molecule has 2 rings (SSSR count). The number of aromatic nitrogens is 1. The number of rotatable bonds is 7. The minimum absolute atomic E-state index is 0.229. The van der Waals surface area contributed by atoms with Gasteiger partial charge in [0.15, 0.2) is 0 Å². The molecule has 7 heteroatoms. The van der Waals surface area contributed by atoms with E-state index >= 15 is 0 Å². The summed E-state index contributed by atoms with van der Waals surface area (Å²) in [6.07, 6.45) is 1.46. The molecule has 146 valence electrons. The van der Waals surface area contributed by atoms with Gasteiger partial charge in [-0.3, -0.25) is 9.59 Å². The SMILES string of the molecule is CCCNn1c(C)c(C(=O)N[C@@H](CC)c2cccc(F)c2)c(C)c(Br)c1=O. The van der Waals surface area contributed by atoms with Gasteiger partial charge in [-0.25, -0.2) is 9.07 Å². The Morgan fingerprint density at radius 3 is 2.59 bits per heavy atom. The summed E-state index contributed by atoms with van der Waals surface area (Å²) >= 11 is 3.31. The third-order valence-corrected chi connectivity index (χ3v) is 5.44. The first-order valence-electron chi connectivity index (χ1n) is 9.03. The van der Waals surface area contributed by atoms with Crippen LogP contribution < -0.4 is 16.3 Å². The molecule has 2 N–H and O–H groups in total. The summed E-state index contributed by atoms with van der Waals surface area (Å²) in [6, 6.07) is 5.89. The number of hydrogen-bond donors (Lipinski definition) is 2. The van der Waals surface area contributed by atoms with E-state index in [9.17, 15) is 14.0 Å². The third kappa shape index (κ3) is 4.58. The molecule has 0 aliphatic carbocycles. The first kappa shape index (κ1) is 21.2. The van der Waals surface area contributed by atoms with Crippen molar-refractivity contribution in [1.29, 1.82) is 0 Å². The number of nitrogens with one attached hydrogen (secondary N) is 2. The first-order chi connectivity index (χ1) is 12.8. The van der Waals surface area contributed by atoms with E-state index in [1.54, 1.807) is 26.0 Å². The van der Waals surface area contributed by atoms with Crippen LogP contribution in [0.5, 0.6) is 0 Å². The monoisotopic (exact) mass is 437 g/mol. The zero-order valence-electron chi connectivity index (χ0n) is 16.0. The maximum absolute atomic E-state index is 13.6. The molecule has 1 amide bonds. The molecule has 2 aromatic rings. The Balaban J connectivity index is 2.42. The zero-order valence-corrected chi connectivity index (χ0v) is 17.6. The molecule has 0 aliphatic rings. The van der Waals surface area contributed by atoms with E-state index in [0.717, 1.165) is 6.42 Å². The molecular weight excluding hydrogens is 413 g/mol. The number of amides is 1. The van der Waals surface area contributed by atoms with Crippen LogP contribution in [0.4, 0.5) is 4.39 Å². The van der Waals surface area contributed by atoms with Gasteiger partial charge in [-0.1, -0.05) is 26.0 Å². The van der Waals surface area contributed by atoms with E-state index in [1.807, 2.05) is 13.8 Å². The van der Waals surface area contributed by atoms with E-state index < -0.39 is 0 Å². The number of carbonyl (C=O) groups excluding carboxylic acids is 1. The predicted octanol–water partition coefficient (Wildman–Crippen LogP) is 4.20. The maximum atomic E-state index is 13.6. The highest BCUT2D eigenvalue weighted by Crippen LogP contribution is 2.22. The summed E-state index contributed by atoms with van der Waals surface area (Å²) in [5.74, 6) is -0.638. The lowest BCUT2D eigenvalue weighted by molar-refractivity contribution is 0.0933. The van der Waals surface area contributed by atoms with E-state index in [1.165, 1.54) is 16.8 Å². The molecule has 1 atom stereocenters. The Morgan fingerprint density at radius 2 is 2.00 bits per heavy atom. The number of halogens is 2. The molecule has 0 unspecified atom stereocenters. The van der Waals surface area contributed by atoms with E-state index in [2.05, 4.69) is 26.7 Å². The molecule has 0 spiro atoms. The van der Waals surface area contributed by atoms with Crippen molar-refractivity contribution in [2.75, 3.05) is 12.0 Å². The quantitative estimate of drug-likeness (QED) is 0.681. The van der Waals surface area contributed by atoms with Crippen molar-refractivity contribution in [2.45, 2.75) is 46.6 Å². The van der Waals surface area contributed by atoms with Gasteiger partial charge in [-0.05, 0) is 65.9 Å². The molecule has 0 fully saturated rings. The van der Waals surface area contributed by atoms with Gasteiger partial charge in [0, 0.05) is 6.54 Å². The van der Waals surface area contributed by atoms with Crippen molar-refractivity contribution in [3.63, 3.8) is 0 Å². The first-order valence-corrected chi connectivity index (χ1v) is 9.82. The molecule has 0 saturated heterocycles. The van der Waals surface area contributed by atoms with Gasteiger partial charge in [-0.15, -0.1) is 0 Å². The van der Waals surface area contributed by atoms with Crippen LogP contribution in [0.1, 0.15) is 59.9 Å². The number of benzene rings is 1. The average molecular weight is 438 g/mol. The van der Waals surface area contributed by atoms with Crippen LogP contribution in [-0.2, 0) is 0 Å². The van der Waals surface area contributed by atoms with Crippen LogP contribution in [0.25, 0.3) is 0 Å². The Hall–Kier alpha value is -2.15. The Morgan fingerprint density at radius 1 is 1.30 bits per heavy atom. The Bertz CT molecular complexity index is 896. The predicted molar refractivity (Wildman–Crippen MR) is 109 cm³/mol. The largest absolute Gasteiger partial charge is 0.345 e. The lowest BCUT2D eigenvalue weighted by Gasteiger charge is -2.22. The van der Waals surface area contributed by atoms with Crippen molar-refractivity contribution < 1.29 is 9.18 Å². The molecule has 0 aliphatic heterocycles. The fourth-order valence-corrected chi connectivity index (χ4v) is 3.40. The lowest BCUT2D eigenvalue weighted by Crippen LogP contribution is -2.37. The fraction of sp³-hybridized carbons (Fsp3) is 0.400. The minimum atomic E-state index is -0.340. The van der Waals surface area contributed by atoms with Gasteiger partial charge in [0.2, 0.25) is 0 Å². The highest BCUT2D eigenvalue weighted by molar-refractivity contribution is 9.10. The zero-order chi connectivity index (χ0) is 20.1. The van der Waals surface area contributed by atoms with E-state index in [0.29, 0.717) is 39.8 Å². The fourth-order valence-electron chi connectivity index (χ4n) is 3.03. The van der Waals surface area contributed by atoms with Crippen LogP contribution in [-0.4, -0.2) is 17.1 Å². The van der Waals surface area contributed by atoms with Crippen LogP contribution >= 0.6 is 15.9 Å². The highest BCUT2D eigenvalue weighted by Gasteiger charge is 2.23. The molecule has 0 saturated carbocycles. The van der Waals surface area contributed by atoms with E-state index in [4.69, 9.17) is 0 Å². The van der Waals surface area contributed by atoms with Crippen molar-refractivity contribution >= 4 is 21.8 Å².